The number of hydrogen-bond donors (Lipinski definition) is 0. The monoisotopic (exact) mass is 561 g/mol. The summed E-state index contributed by atoms with van der Waals surface area (Å²) in [5.74, 6) is 1.38. The summed E-state index contributed by atoms with van der Waals surface area (Å²) in [6.45, 7) is 2.92. The summed E-state index contributed by atoms with van der Waals surface area (Å²) in [4.78, 5) is 5.11. The lowest BCUT2D eigenvalue weighted by Crippen LogP contribution is -2.00. The van der Waals surface area contributed by atoms with Crippen LogP contribution in [0.15, 0.2) is 81.7 Å². The number of hydrogen-bond acceptors (Lipinski definition) is 3. The number of fused-ring (bicyclic) bond motifs is 7. The van der Waals surface area contributed by atoms with Gasteiger partial charge in [-0.15, -0.1) is 0 Å². The molecular weight excluding hydrogens is 533 g/mol. The van der Waals surface area contributed by atoms with E-state index in [2.05, 4.69) is 71.4 Å². The normalized spacial score (nSPS) is 11.7. The van der Waals surface area contributed by atoms with Gasteiger partial charge in [0, 0.05) is 15.2 Å². The van der Waals surface area contributed by atoms with Crippen molar-refractivity contribution in [3.8, 4) is 17.2 Å². The summed E-state index contributed by atoms with van der Waals surface area (Å²) in [7, 11) is 6.19. The Labute approximate surface area is 232 Å². The van der Waals surface area contributed by atoms with Crippen molar-refractivity contribution in [1.29, 1.82) is 0 Å². The van der Waals surface area contributed by atoms with E-state index in [1.807, 2.05) is 24.3 Å². The van der Waals surface area contributed by atoms with Gasteiger partial charge in [-0.2, -0.15) is 0 Å². The van der Waals surface area contributed by atoms with Crippen molar-refractivity contribution >= 4 is 72.7 Å². The van der Waals surface area contributed by atoms with Crippen LogP contribution in [0.2, 0.25) is 0 Å². The van der Waals surface area contributed by atoms with Crippen molar-refractivity contribution in [3.05, 3.63) is 77.3 Å². The Kier molecular flexibility index (Phi) is 7.12. The van der Waals surface area contributed by atoms with E-state index in [1.165, 1.54) is 32.1 Å². The van der Waals surface area contributed by atoms with Gasteiger partial charge >= 0.3 is 0 Å². The molecule has 1 heterocycles. The van der Waals surface area contributed by atoms with E-state index in [1.54, 1.807) is 0 Å². The maximum atomic E-state index is 6.62. The van der Waals surface area contributed by atoms with Crippen LogP contribution < -0.4 is 10.2 Å². The molecule has 0 saturated heterocycles. The SMILES string of the molecule is [B]c1ccc2c(c1)c1cc(Br)ccc1c1nc(-c3c(OCCCCCCCC)ccc4ccccc34)oc21. The zero-order chi connectivity index (χ0) is 26.1. The topological polar surface area (TPSA) is 35.3 Å². The molecule has 0 fully saturated rings. The van der Waals surface area contributed by atoms with E-state index >= 15 is 0 Å². The molecule has 5 aromatic carbocycles. The van der Waals surface area contributed by atoms with Crippen LogP contribution in [0, 0.1) is 0 Å². The lowest BCUT2D eigenvalue weighted by Gasteiger charge is -2.12. The predicted molar refractivity (Wildman–Crippen MR) is 164 cm³/mol. The molecular formula is C33H29BBrNO2. The fourth-order valence-corrected chi connectivity index (χ4v) is 5.74. The first-order chi connectivity index (χ1) is 18.6. The highest BCUT2D eigenvalue weighted by atomic mass is 79.9. The summed E-state index contributed by atoms with van der Waals surface area (Å²) >= 11 is 3.63. The molecule has 0 aliphatic heterocycles. The van der Waals surface area contributed by atoms with Crippen LogP contribution in [0.1, 0.15) is 45.4 Å². The molecule has 0 atom stereocenters. The van der Waals surface area contributed by atoms with Gasteiger partial charge in [-0.3, -0.25) is 0 Å². The smallest absolute Gasteiger partial charge is 0.231 e. The van der Waals surface area contributed by atoms with Gasteiger partial charge in [0.25, 0.3) is 0 Å². The van der Waals surface area contributed by atoms with E-state index in [4.69, 9.17) is 22.0 Å². The van der Waals surface area contributed by atoms with Crippen molar-refractivity contribution < 1.29 is 9.15 Å². The van der Waals surface area contributed by atoms with Crippen LogP contribution in [0.4, 0.5) is 0 Å². The predicted octanol–water partition coefficient (Wildman–Crippen LogP) is 9.25. The molecule has 1 aromatic heterocycles. The number of unbranched alkanes of at least 4 members (excludes halogenated alkanes) is 5. The third-order valence-electron chi connectivity index (χ3n) is 7.30. The van der Waals surface area contributed by atoms with E-state index in [0.717, 1.165) is 71.1 Å². The van der Waals surface area contributed by atoms with Gasteiger partial charge in [0.05, 0.1) is 12.2 Å². The Morgan fingerprint density at radius 1 is 0.789 bits per heavy atom. The van der Waals surface area contributed by atoms with Crippen molar-refractivity contribution in [2.75, 3.05) is 6.61 Å². The lowest BCUT2D eigenvalue weighted by atomic mass is 9.91. The maximum Gasteiger partial charge on any atom is 0.231 e. The number of nitrogens with zero attached hydrogens (tertiary/aromatic N) is 1. The fourth-order valence-electron chi connectivity index (χ4n) is 5.38. The number of ether oxygens (including phenoxy) is 1. The van der Waals surface area contributed by atoms with E-state index < -0.39 is 0 Å². The number of benzene rings is 5. The molecule has 0 saturated carbocycles. The third kappa shape index (κ3) is 4.69. The zero-order valence-corrected chi connectivity index (χ0v) is 23.2. The third-order valence-corrected chi connectivity index (χ3v) is 7.80. The zero-order valence-electron chi connectivity index (χ0n) is 21.6. The average molecular weight is 562 g/mol. The highest BCUT2D eigenvalue weighted by Crippen LogP contribution is 2.42. The minimum atomic E-state index is 0.572. The lowest BCUT2D eigenvalue weighted by molar-refractivity contribution is 0.305. The first-order valence-electron chi connectivity index (χ1n) is 13.5. The van der Waals surface area contributed by atoms with Gasteiger partial charge in [-0.1, -0.05) is 115 Å². The largest absolute Gasteiger partial charge is 0.493 e. The highest BCUT2D eigenvalue weighted by molar-refractivity contribution is 9.10. The summed E-state index contributed by atoms with van der Waals surface area (Å²) in [6, 6.07) is 24.7. The maximum absolute atomic E-state index is 6.62. The van der Waals surface area contributed by atoms with Crippen molar-refractivity contribution in [2.24, 2.45) is 0 Å². The fraction of sp³-hybridized carbons (Fsp3) is 0.242. The van der Waals surface area contributed by atoms with Gasteiger partial charge in [0.1, 0.15) is 19.1 Å². The van der Waals surface area contributed by atoms with Gasteiger partial charge in [-0.05, 0) is 46.2 Å². The minimum Gasteiger partial charge on any atom is -0.493 e. The molecule has 0 amide bonds. The molecule has 2 radical (unpaired) electrons. The summed E-state index contributed by atoms with van der Waals surface area (Å²) in [5, 5.41) is 6.36. The number of aromatic nitrogens is 1. The molecule has 0 aliphatic carbocycles. The first kappa shape index (κ1) is 25.0. The molecule has 3 nitrogen and oxygen atoms in total. The van der Waals surface area contributed by atoms with Crippen molar-refractivity contribution in [2.45, 2.75) is 45.4 Å². The van der Waals surface area contributed by atoms with Gasteiger partial charge in [0.15, 0.2) is 5.58 Å². The van der Waals surface area contributed by atoms with Crippen LogP contribution in [0.3, 0.4) is 0 Å². The standard InChI is InChI=1S/C33H29BBrNO2/c1-2-3-4-5-6-9-18-37-29-17-12-21-10-7-8-11-24(21)30(29)33-36-31-25-16-14-23(35)20-28(25)27-19-22(34)13-15-26(27)32(31)38-33/h7-8,10-17,19-20H,2-6,9,18H2,1H3. The van der Waals surface area contributed by atoms with Gasteiger partial charge in [0.2, 0.25) is 5.89 Å². The van der Waals surface area contributed by atoms with Gasteiger partial charge in [-0.25, -0.2) is 4.98 Å². The first-order valence-corrected chi connectivity index (χ1v) is 14.3. The summed E-state index contributed by atoms with van der Waals surface area (Å²) < 4.78 is 14.0. The average Bonchev–Trinajstić information content (AvgIpc) is 3.37. The van der Waals surface area contributed by atoms with Gasteiger partial charge < -0.3 is 9.15 Å². The minimum absolute atomic E-state index is 0.572. The number of halogens is 1. The Morgan fingerprint density at radius 2 is 1.58 bits per heavy atom. The second-order valence-electron chi connectivity index (χ2n) is 9.97. The Morgan fingerprint density at radius 3 is 2.47 bits per heavy atom. The molecule has 0 N–H and O–H groups in total. The second kappa shape index (κ2) is 10.8. The number of rotatable bonds is 9. The Hall–Kier alpha value is -3.31. The second-order valence-corrected chi connectivity index (χ2v) is 10.9. The van der Waals surface area contributed by atoms with E-state index in [-0.39, 0.29) is 0 Å². The molecule has 6 aromatic rings. The number of oxazole rings is 1. The van der Waals surface area contributed by atoms with Crippen LogP contribution >= 0.6 is 15.9 Å². The Balaban J connectivity index is 1.49. The molecule has 0 spiro atoms. The molecule has 188 valence electrons. The molecule has 6 rings (SSSR count). The van der Waals surface area contributed by atoms with Crippen molar-refractivity contribution in [1.82, 2.24) is 4.98 Å². The van der Waals surface area contributed by atoms with Crippen LogP contribution in [0.25, 0.3) is 54.9 Å². The van der Waals surface area contributed by atoms with Crippen LogP contribution in [-0.4, -0.2) is 19.4 Å². The van der Waals surface area contributed by atoms with Crippen molar-refractivity contribution in [3.63, 3.8) is 0 Å². The molecule has 0 bridgehead atoms. The highest BCUT2D eigenvalue weighted by Gasteiger charge is 2.21. The van der Waals surface area contributed by atoms with Crippen LogP contribution in [-0.2, 0) is 0 Å². The summed E-state index contributed by atoms with van der Waals surface area (Å²) in [5.41, 5.74) is 3.23. The molecule has 0 unspecified atom stereocenters. The molecule has 38 heavy (non-hydrogen) atoms. The van der Waals surface area contributed by atoms with E-state index in [9.17, 15) is 0 Å². The quantitative estimate of drug-likeness (QED) is 0.100. The Bertz CT molecular complexity index is 1700. The summed E-state index contributed by atoms with van der Waals surface area (Å²) in [6.07, 6.45) is 7.34. The van der Waals surface area contributed by atoms with Crippen LogP contribution in [0.5, 0.6) is 5.75 Å². The molecule has 0 aliphatic rings. The molecule has 5 heteroatoms. The van der Waals surface area contributed by atoms with E-state index in [0.29, 0.717) is 12.5 Å².